The van der Waals surface area contributed by atoms with Crippen molar-refractivity contribution in [3.05, 3.63) is 33.3 Å². The number of nitrogens with zero attached hydrogens (tertiary/aromatic N) is 1. The zero-order valence-corrected chi connectivity index (χ0v) is 8.71. The predicted octanol–water partition coefficient (Wildman–Crippen LogP) is 3.90. The van der Waals surface area contributed by atoms with E-state index in [0.29, 0.717) is 0 Å². The molecule has 4 nitrogen and oxygen atoms in total. The van der Waals surface area contributed by atoms with Crippen molar-refractivity contribution in [3.63, 3.8) is 0 Å². The fraction of sp³-hybridized carbons (Fsp3) is 0.571. The third kappa shape index (κ3) is 2.81. The van der Waals surface area contributed by atoms with Crippen molar-refractivity contribution in [3.8, 4) is 5.75 Å². The van der Waals surface area contributed by atoms with Gasteiger partial charge >= 0.3 is 0 Å². The Morgan fingerprint density at radius 3 is 2.11 bits per heavy atom. The molecule has 1 aromatic rings. The normalized spacial score (nSPS) is 33.1. The second-order valence-electron chi connectivity index (χ2n) is 3.45. The van der Waals surface area contributed by atoms with Crippen LogP contribution in [0.4, 0.5) is 5.69 Å². The van der Waals surface area contributed by atoms with E-state index in [2.05, 4.69) is 0 Å². The van der Waals surface area contributed by atoms with Crippen LogP contribution in [0.3, 0.4) is 0 Å². The smallest absolute Gasteiger partial charge is 0.276 e. The summed E-state index contributed by atoms with van der Waals surface area (Å²) in [6, 6.07) is -4.17. The lowest BCUT2D eigenvalue weighted by Crippen LogP contribution is -2.18. The Morgan fingerprint density at radius 2 is 1.67 bits per heavy atom. The van der Waals surface area contributed by atoms with Gasteiger partial charge in [-0.3, -0.25) is 10.1 Å². The summed E-state index contributed by atoms with van der Waals surface area (Å²) in [5.41, 5.74) is -15.2. The van der Waals surface area contributed by atoms with Gasteiger partial charge in [0.25, 0.3) is 5.69 Å². The van der Waals surface area contributed by atoms with Gasteiger partial charge in [-0.15, -0.1) is 0 Å². The first-order chi connectivity index (χ1) is 16.3. The van der Waals surface area contributed by atoms with Gasteiger partial charge in [0.1, 0.15) is 5.75 Å². The second kappa shape index (κ2) is 4.26. The third-order valence-corrected chi connectivity index (χ3v) is 1.89. The monoisotopic (exact) mass is 271 g/mol. The third-order valence-electron chi connectivity index (χ3n) is 1.89. The van der Waals surface area contributed by atoms with Gasteiger partial charge in [-0.2, -0.15) is 0 Å². The highest BCUT2D eigenvalue weighted by atomic mass is 16.6. The van der Waals surface area contributed by atoms with Crippen LogP contribution in [0.1, 0.15) is 79.7 Å². The molecule has 1 N–H and O–H groups in total. The molecule has 0 amide bonds. The summed E-state index contributed by atoms with van der Waals surface area (Å²) in [6.07, 6.45) is 0. The minimum atomic E-state index is -4.48. The van der Waals surface area contributed by atoms with Gasteiger partial charge < -0.3 is 5.11 Å². The molecular weight excluding hydrogens is 230 g/mol. The molecule has 0 radical (unpaired) electrons. The molecule has 0 atom stereocenters. The Balaban J connectivity index is 5.08. The number of nitro groups is 1. The average molecular weight is 271 g/mol. The molecule has 100 valence electrons. The standard InChI is InChI=1S/C14H21NO3/c1-13(2,3)9-7-10(14(4,5)6)12(16)8-11(9)15(17)18/h7-8,16H,1-6H3/i1D3,2D3,3D3,4D3,5D3,6D3,7D,8D. The highest BCUT2D eigenvalue weighted by Gasteiger charge is 2.29. The molecule has 18 heavy (non-hydrogen) atoms. The molecule has 1 rings (SSSR count). The van der Waals surface area contributed by atoms with E-state index in [1.807, 2.05) is 0 Å². The van der Waals surface area contributed by atoms with E-state index >= 15 is 0 Å². The summed E-state index contributed by atoms with van der Waals surface area (Å²) in [5, 5.41) is 22.6. The molecule has 4 heteroatoms. The summed E-state index contributed by atoms with van der Waals surface area (Å²) in [6.45, 7) is -25.9. The molecule has 0 spiro atoms. The molecule has 0 unspecified atom stereocenters. The number of hydrogen-bond donors (Lipinski definition) is 1. The number of phenols is 1. The number of rotatable bonds is 1. The van der Waals surface area contributed by atoms with Crippen molar-refractivity contribution >= 4 is 5.69 Å². The lowest BCUT2D eigenvalue weighted by molar-refractivity contribution is -0.386. The molecular formula is C14H21NO3. The zero-order valence-electron chi connectivity index (χ0n) is 28.7. The van der Waals surface area contributed by atoms with E-state index in [4.69, 9.17) is 27.4 Å². The molecule has 0 aliphatic heterocycles. The SMILES string of the molecule is [2H]c1c(O)c(C(C([2H])([2H])[2H])(C([2H])([2H])[2H])C([2H])([2H])[2H])c([2H])c(C(C([2H])([2H])[2H])(C([2H])([2H])[2H])C([2H])([2H])[2H])c1[N+](=O)[O-]. The minimum Gasteiger partial charge on any atom is -0.507 e. The van der Waals surface area contributed by atoms with Crippen LogP contribution in [0.25, 0.3) is 0 Å². The van der Waals surface area contributed by atoms with Crippen molar-refractivity contribution in [2.75, 3.05) is 0 Å². The van der Waals surface area contributed by atoms with Gasteiger partial charge in [0.2, 0.25) is 0 Å². The van der Waals surface area contributed by atoms with E-state index in [-0.39, 0.29) is 0 Å². The first-order valence-electron chi connectivity index (χ1n) is 14.3. The molecule has 1 aromatic carbocycles. The quantitative estimate of drug-likeness (QED) is 0.622. The summed E-state index contributed by atoms with van der Waals surface area (Å²) in [5.74, 6) is -2.08. The lowest BCUT2D eigenvalue weighted by atomic mass is 9.79. The van der Waals surface area contributed by atoms with Crippen LogP contribution in [0.2, 0.25) is 0 Å². The topological polar surface area (TPSA) is 63.4 Å². The summed E-state index contributed by atoms with van der Waals surface area (Å²) in [4.78, 5) is 10.2. The largest absolute Gasteiger partial charge is 0.507 e. The Kier molecular flexibility index (Phi) is 0.697. The van der Waals surface area contributed by atoms with Gasteiger partial charge in [0.15, 0.2) is 0 Å². The highest BCUT2D eigenvalue weighted by molar-refractivity contribution is 5.54. The summed E-state index contributed by atoms with van der Waals surface area (Å²) < 4.78 is 157. The summed E-state index contributed by atoms with van der Waals surface area (Å²) in [7, 11) is 0. The maximum Gasteiger partial charge on any atom is 0.276 e. The van der Waals surface area contributed by atoms with Gasteiger partial charge in [-0.05, 0) is 16.9 Å². The van der Waals surface area contributed by atoms with Crippen molar-refractivity contribution in [1.29, 1.82) is 0 Å². The maximum atomic E-state index is 11.9. The fourth-order valence-electron chi connectivity index (χ4n) is 1.16. The molecule has 0 fully saturated rings. The lowest BCUT2D eigenvalue weighted by Gasteiger charge is -2.25. The Labute approximate surface area is 136 Å². The van der Waals surface area contributed by atoms with Gasteiger partial charge in [-0.25, -0.2) is 0 Å². The maximum absolute atomic E-state index is 11.9. The molecule has 0 saturated heterocycles. The van der Waals surface area contributed by atoms with E-state index in [1.165, 1.54) is 0 Å². The molecule has 0 saturated carbocycles. The first kappa shape index (κ1) is 2.94. The van der Waals surface area contributed by atoms with E-state index in [0.717, 1.165) is 0 Å². The molecule has 0 heterocycles. The predicted molar refractivity (Wildman–Crippen MR) is 72.2 cm³/mol. The Hall–Kier alpha value is -1.58. The van der Waals surface area contributed by atoms with Crippen LogP contribution >= 0.6 is 0 Å². The molecule has 0 bridgehead atoms. The number of hydrogen-bond acceptors (Lipinski definition) is 3. The van der Waals surface area contributed by atoms with Crippen LogP contribution in [0, 0.1) is 10.1 Å². The Bertz CT molecular complexity index is 1030. The van der Waals surface area contributed by atoms with Gasteiger partial charge in [0.05, 0.1) is 13.7 Å². The first-order valence-corrected chi connectivity index (χ1v) is 4.31. The number of phenolic OH excluding ortho intramolecular Hbond substituents is 1. The number of benzene rings is 1. The minimum absolute atomic E-state index is 1.72. The van der Waals surface area contributed by atoms with Crippen molar-refractivity contribution < 1.29 is 37.4 Å². The zero-order chi connectivity index (χ0) is 31.0. The Morgan fingerprint density at radius 1 is 1.17 bits per heavy atom. The van der Waals surface area contributed by atoms with Gasteiger partial charge in [0, 0.05) is 35.8 Å². The van der Waals surface area contributed by atoms with Crippen LogP contribution in [-0.2, 0) is 10.8 Å². The highest BCUT2D eigenvalue weighted by Crippen LogP contribution is 2.40. The second-order valence-corrected chi connectivity index (χ2v) is 3.45. The van der Waals surface area contributed by atoms with Crippen LogP contribution in [0.5, 0.6) is 5.75 Å². The van der Waals surface area contributed by atoms with Crippen molar-refractivity contribution in [2.24, 2.45) is 0 Å². The number of nitro benzene ring substituents is 1. The van der Waals surface area contributed by atoms with Gasteiger partial charge in [-0.1, -0.05) is 41.1 Å². The average Bonchev–Trinajstić information content (AvgIpc) is 2.55. The fourth-order valence-corrected chi connectivity index (χ4v) is 1.16. The van der Waals surface area contributed by atoms with E-state index in [1.54, 1.807) is 0 Å². The molecule has 0 aromatic heterocycles. The van der Waals surface area contributed by atoms with Crippen molar-refractivity contribution in [1.82, 2.24) is 0 Å². The van der Waals surface area contributed by atoms with E-state index in [9.17, 15) is 15.2 Å². The molecule has 0 aliphatic carbocycles. The molecule has 0 aliphatic rings. The van der Waals surface area contributed by atoms with Crippen LogP contribution in [0.15, 0.2) is 12.1 Å². The van der Waals surface area contributed by atoms with E-state index < -0.39 is 91.5 Å². The summed E-state index contributed by atoms with van der Waals surface area (Å²) >= 11 is 0. The number of aromatic hydroxyl groups is 1. The van der Waals surface area contributed by atoms with Crippen LogP contribution < -0.4 is 0 Å². The van der Waals surface area contributed by atoms with Crippen molar-refractivity contribution in [2.45, 2.75) is 51.9 Å². The van der Waals surface area contributed by atoms with Crippen LogP contribution in [-0.4, -0.2) is 10.0 Å².